The monoisotopic (exact) mass is 330 g/mol. The lowest BCUT2D eigenvalue weighted by atomic mass is 10.2. The average molecular weight is 330 g/mol. The number of imidazole rings is 1. The lowest BCUT2D eigenvalue weighted by molar-refractivity contribution is 0.0940. The second-order valence-electron chi connectivity index (χ2n) is 4.40. The van der Waals surface area contributed by atoms with Gasteiger partial charge in [0, 0.05) is 13.2 Å². The molecule has 0 aliphatic carbocycles. The molecule has 22 heavy (non-hydrogen) atoms. The Morgan fingerprint density at radius 2 is 2.00 bits per heavy atom. The number of carbonyl (C=O) groups excluding carboxylic acids is 1. The number of aryl methyl sites for hydroxylation is 2. The van der Waals surface area contributed by atoms with Crippen LogP contribution >= 0.6 is 0 Å². The Morgan fingerprint density at radius 3 is 2.59 bits per heavy atom. The van der Waals surface area contributed by atoms with Crippen LogP contribution in [0.3, 0.4) is 0 Å². The normalized spacial score (nSPS) is 11.5. The molecule has 1 amide bonds. The SMILES string of the molecule is Cc1nc(S(=O)(=O)NNC(=O)c2cccc(F)c2F)cn1C. The molecule has 1 aromatic carbocycles. The Bertz CT molecular complexity index is 813. The number of rotatable bonds is 4. The van der Waals surface area contributed by atoms with Crippen molar-refractivity contribution in [1.82, 2.24) is 19.8 Å². The Morgan fingerprint density at radius 1 is 1.32 bits per heavy atom. The van der Waals surface area contributed by atoms with Gasteiger partial charge >= 0.3 is 0 Å². The predicted molar refractivity (Wildman–Crippen MR) is 72.1 cm³/mol. The molecule has 118 valence electrons. The molecule has 2 rings (SSSR count). The lowest BCUT2D eigenvalue weighted by Crippen LogP contribution is -2.42. The first kappa shape index (κ1) is 16.0. The van der Waals surface area contributed by atoms with Crippen LogP contribution in [0, 0.1) is 18.6 Å². The maximum absolute atomic E-state index is 13.4. The Hall–Kier alpha value is -2.33. The van der Waals surface area contributed by atoms with Crippen molar-refractivity contribution in [3.05, 3.63) is 47.4 Å². The molecule has 0 spiro atoms. The van der Waals surface area contributed by atoms with E-state index in [0.717, 1.165) is 18.2 Å². The standard InChI is InChI=1S/C12H12F2N4O3S/c1-7-15-10(6-18(7)2)22(20,21)17-16-12(19)8-4-3-5-9(13)11(8)14/h3-6,17H,1-2H3,(H,16,19). The second-order valence-corrected chi connectivity index (χ2v) is 6.03. The fourth-order valence-electron chi connectivity index (χ4n) is 1.57. The molecule has 0 saturated carbocycles. The largest absolute Gasteiger partial charge is 0.337 e. The van der Waals surface area contributed by atoms with Gasteiger partial charge in [0.05, 0.1) is 5.56 Å². The minimum Gasteiger partial charge on any atom is -0.337 e. The van der Waals surface area contributed by atoms with Crippen LogP contribution in [0.5, 0.6) is 0 Å². The quantitative estimate of drug-likeness (QED) is 0.804. The molecule has 2 aromatic rings. The molecule has 0 radical (unpaired) electrons. The highest BCUT2D eigenvalue weighted by molar-refractivity contribution is 7.89. The molecule has 0 saturated heterocycles. The van der Waals surface area contributed by atoms with Crippen LogP contribution in [-0.4, -0.2) is 23.9 Å². The predicted octanol–water partition coefficient (Wildman–Crippen LogP) is 0.630. The number of nitrogens with zero attached hydrogens (tertiary/aromatic N) is 2. The minimum atomic E-state index is -4.12. The van der Waals surface area contributed by atoms with E-state index in [4.69, 9.17) is 0 Å². The first-order valence-corrected chi connectivity index (χ1v) is 7.47. The zero-order chi connectivity index (χ0) is 16.5. The van der Waals surface area contributed by atoms with Crippen LogP contribution in [0.2, 0.25) is 0 Å². The van der Waals surface area contributed by atoms with Crippen molar-refractivity contribution in [2.24, 2.45) is 7.05 Å². The Labute approximate surface area is 125 Å². The first-order valence-electron chi connectivity index (χ1n) is 5.98. The third-order valence-corrected chi connectivity index (χ3v) is 3.98. The number of nitrogens with one attached hydrogen (secondary N) is 2. The van der Waals surface area contributed by atoms with Crippen LogP contribution in [0.1, 0.15) is 16.2 Å². The summed E-state index contributed by atoms with van der Waals surface area (Å²) >= 11 is 0. The summed E-state index contributed by atoms with van der Waals surface area (Å²) in [6.45, 7) is 1.60. The van der Waals surface area contributed by atoms with Crippen LogP contribution in [-0.2, 0) is 17.1 Å². The van der Waals surface area contributed by atoms with Gasteiger partial charge in [0.15, 0.2) is 16.7 Å². The highest BCUT2D eigenvalue weighted by Crippen LogP contribution is 2.11. The molecule has 0 atom stereocenters. The van der Waals surface area contributed by atoms with Gasteiger partial charge in [0.1, 0.15) is 5.82 Å². The molecular weight excluding hydrogens is 318 g/mol. The van der Waals surface area contributed by atoms with Gasteiger partial charge in [0.25, 0.3) is 15.9 Å². The molecule has 0 fully saturated rings. The summed E-state index contributed by atoms with van der Waals surface area (Å²) in [6.07, 6.45) is 1.24. The van der Waals surface area contributed by atoms with E-state index >= 15 is 0 Å². The third-order valence-electron chi connectivity index (χ3n) is 2.86. The van der Waals surface area contributed by atoms with Crippen LogP contribution in [0.15, 0.2) is 29.4 Å². The van der Waals surface area contributed by atoms with Crippen LogP contribution < -0.4 is 10.3 Å². The number of halogens is 2. The highest BCUT2D eigenvalue weighted by atomic mass is 32.2. The van der Waals surface area contributed by atoms with Gasteiger partial charge in [-0.3, -0.25) is 10.2 Å². The number of hydrazine groups is 1. The van der Waals surface area contributed by atoms with Gasteiger partial charge in [-0.15, -0.1) is 4.83 Å². The van der Waals surface area contributed by atoms with Crippen LogP contribution in [0.25, 0.3) is 0 Å². The summed E-state index contributed by atoms with van der Waals surface area (Å²) in [6, 6.07) is 2.99. The number of carbonyl (C=O) groups is 1. The van der Waals surface area contributed by atoms with Crippen molar-refractivity contribution in [2.45, 2.75) is 11.9 Å². The smallest absolute Gasteiger partial charge is 0.276 e. The van der Waals surface area contributed by atoms with Crippen molar-refractivity contribution in [2.75, 3.05) is 0 Å². The van der Waals surface area contributed by atoms with E-state index in [-0.39, 0.29) is 5.03 Å². The van der Waals surface area contributed by atoms with Gasteiger partial charge in [-0.05, 0) is 19.1 Å². The third kappa shape index (κ3) is 3.12. The fraction of sp³-hybridized carbons (Fsp3) is 0.167. The van der Waals surface area contributed by atoms with Crippen molar-refractivity contribution in [3.63, 3.8) is 0 Å². The Balaban J connectivity index is 2.15. The molecule has 7 nitrogen and oxygen atoms in total. The lowest BCUT2D eigenvalue weighted by Gasteiger charge is -2.07. The summed E-state index contributed by atoms with van der Waals surface area (Å²) in [5.41, 5.74) is 1.18. The second kappa shape index (κ2) is 5.81. The first-order chi connectivity index (χ1) is 10.2. The maximum atomic E-state index is 13.4. The van der Waals surface area contributed by atoms with E-state index < -0.39 is 33.1 Å². The summed E-state index contributed by atoms with van der Waals surface area (Å²) in [5, 5.41) is -0.312. The molecule has 2 N–H and O–H groups in total. The number of amides is 1. The zero-order valence-electron chi connectivity index (χ0n) is 11.6. The minimum absolute atomic E-state index is 0.312. The van der Waals surface area contributed by atoms with E-state index in [1.807, 2.05) is 0 Å². The van der Waals surface area contributed by atoms with Crippen molar-refractivity contribution >= 4 is 15.9 Å². The van der Waals surface area contributed by atoms with Gasteiger partial charge in [-0.25, -0.2) is 22.2 Å². The number of aromatic nitrogens is 2. The zero-order valence-corrected chi connectivity index (χ0v) is 12.4. The van der Waals surface area contributed by atoms with Gasteiger partial charge < -0.3 is 4.57 Å². The van der Waals surface area contributed by atoms with E-state index in [1.54, 1.807) is 24.2 Å². The topological polar surface area (TPSA) is 93.1 Å². The number of sulfonamides is 1. The van der Waals surface area contributed by atoms with Crippen LogP contribution in [0.4, 0.5) is 8.78 Å². The number of hydrogen-bond acceptors (Lipinski definition) is 4. The van der Waals surface area contributed by atoms with Crippen molar-refractivity contribution in [3.8, 4) is 0 Å². The fourth-order valence-corrected chi connectivity index (χ4v) is 2.45. The molecule has 10 heteroatoms. The summed E-state index contributed by atoms with van der Waals surface area (Å²) in [4.78, 5) is 17.3. The molecule has 1 aromatic heterocycles. The van der Waals surface area contributed by atoms with E-state index in [0.29, 0.717) is 5.82 Å². The summed E-state index contributed by atoms with van der Waals surface area (Å²) in [7, 11) is -2.52. The number of benzene rings is 1. The number of hydrogen-bond donors (Lipinski definition) is 2. The van der Waals surface area contributed by atoms with E-state index in [2.05, 4.69) is 4.98 Å². The Kier molecular flexibility index (Phi) is 4.24. The highest BCUT2D eigenvalue weighted by Gasteiger charge is 2.21. The molecule has 0 aliphatic rings. The molecule has 0 unspecified atom stereocenters. The molecular formula is C12H12F2N4O3S. The van der Waals surface area contributed by atoms with E-state index in [9.17, 15) is 22.0 Å². The van der Waals surface area contributed by atoms with Crippen molar-refractivity contribution in [1.29, 1.82) is 0 Å². The van der Waals surface area contributed by atoms with E-state index in [1.165, 1.54) is 10.8 Å². The molecule has 1 heterocycles. The maximum Gasteiger partial charge on any atom is 0.276 e. The summed E-state index contributed by atoms with van der Waals surface area (Å²) in [5.74, 6) is -3.26. The molecule has 0 aliphatic heterocycles. The van der Waals surface area contributed by atoms with Crippen molar-refractivity contribution < 1.29 is 22.0 Å². The average Bonchev–Trinajstić information content (AvgIpc) is 2.80. The summed E-state index contributed by atoms with van der Waals surface area (Å²) < 4.78 is 51.7. The van der Waals surface area contributed by atoms with Gasteiger partial charge in [-0.2, -0.15) is 0 Å². The van der Waals surface area contributed by atoms with Gasteiger partial charge in [-0.1, -0.05) is 6.07 Å². The molecule has 0 bridgehead atoms. The van der Waals surface area contributed by atoms with Gasteiger partial charge in [0.2, 0.25) is 0 Å².